The SMILES string of the molecule is NCCC(F)(F)c1ccc2[nH]c(=O)[nH]c2c1. The van der Waals surface area contributed by atoms with Crippen LogP contribution in [0.5, 0.6) is 0 Å². The fourth-order valence-electron chi connectivity index (χ4n) is 1.59. The number of imidazole rings is 1. The summed E-state index contributed by atoms with van der Waals surface area (Å²) in [6, 6.07) is 4.01. The van der Waals surface area contributed by atoms with Gasteiger partial charge in [-0.3, -0.25) is 0 Å². The molecule has 0 amide bonds. The molecular formula is C10H11F2N3O. The van der Waals surface area contributed by atoms with Gasteiger partial charge < -0.3 is 15.7 Å². The number of hydrogen-bond acceptors (Lipinski definition) is 2. The third-order valence-electron chi connectivity index (χ3n) is 2.40. The highest BCUT2D eigenvalue weighted by atomic mass is 19.3. The number of fused-ring (bicyclic) bond motifs is 1. The van der Waals surface area contributed by atoms with E-state index in [-0.39, 0.29) is 12.1 Å². The van der Waals surface area contributed by atoms with Crippen molar-refractivity contribution in [3.8, 4) is 0 Å². The maximum absolute atomic E-state index is 13.5. The van der Waals surface area contributed by atoms with Gasteiger partial charge in [-0.1, -0.05) is 6.07 Å². The molecule has 0 radical (unpaired) electrons. The number of nitrogens with one attached hydrogen (secondary N) is 2. The lowest BCUT2D eigenvalue weighted by atomic mass is 10.1. The summed E-state index contributed by atoms with van der Waals surface area (Å²) in [7, 11) is 0. The zero-order valence-electron chi connectivity index (χ0n) is 8.39. The molecule has 4 N–H and O–H groups in total. The Morgan fingerprint density at radius 3 is 2.62 bits per heavy atom. The largest absolute Gasteiger partial charge is 0.330 e. The van der Waals surface area contributed by atoms with Gasteiger partial charge in [0.1, 0.15) is 0 Å². The molecule has 0 aliphatic heterocycles. The zero-order valence-corrected chi connectivity index (χ0v) is 8.39. The van der Waals surface area contributed by atoms with Crippen molar-refractivity contribution in [3.63, 3.8) is 0 Å². The molecule has 1 aromatic carbocycles. The molecule has 0 aliphatic rings. The van der Waals surface area contributed by atoms with E-state index in [1.165, 1.54) is 18.2 Å². The molecule has 4 nitrogen and oxygen atoms in total. The van der Waals surface area contributed by atoms with E-state index in [0.717, 1.165) is 0 Å². The number of alkyl halides is 2. The van der Waals surface area contributed by atoms with Crippen molar-refractivity contribution in [1.82, 2.24) is 9.97 Å². The second-order valence-corrected chi connectivity index (χ2v) is 3.58. The maximum atomic E-state index is 13.5. The molecule has 0 saturated carbocycles. The summed E-state index contributed by atoms with van der Waals surface area (Å²) >= 11 is 0. The van der Waals surface area contributed by atoms with Crippen molar-refractivity contribution < 1.29 is 8.78 Å². The van der Waals surface area contributed by atoms with Crippen molar-refractivity contribution in [2.24, 2.45) is 5.73 Å². The summed E-state index contributed by atoms with van der Waals surface area (Å²) in [5.74, 6) is -2.96. The van der Waals surface area contributed by atoms with Gasteiger partial charge in [-0.25, -0.2) is 13.6 Å². The summed E-state index contributed by atoms with van der Waals surface area (Å²) in [6.07, 6.45) is -0.410. The summed E-state index contributed by atoms with van der Waals surface area (Å²) in [4.78, 5) is 15.9. The summed E-state index contributed by atoms with van der Waals surface area (Å²) in [5.41, 5.74) is 5.46. The average molecular weight is 227 g/mol. The fourth-order valence-corrected chi connectivity index (χ4v) is 1.59. The van der Waals surface area contributed by atoms with Crippen LogP contribution < -0.4 is 11.4 Å². The second kappa shape index (κ2) is 3.71. The Balaban J connectivity index is 2.49. The predicted molar refractivity (Wildman–Crippen MR) is 56.5 cm³/mol. The van der Waals surface area contributed by atoms with Crippen molar-refractivity contribution in [3.05, 3.63) is 34.2 Å². The molecule has 0 fully saturated rings. The first-order valence-electron chi connectivity index (χ1n) is 4.83. The topological polar surface area (TPSA) is 74.7 Å². The van der Waals surface area contributed by atoms with E-state index in [9.17, 15) is 13.6 Å². The number of nitrogens with two attached hydrogens (primary N) is 1. The molecule has 1 heterocycles. The first-order chi connectivity index (χ1) is 7.53. The number of halogens is 2. The highest BCUT2D eigenvalue weighted by molar-refractivity contribution is 5.75. The van der Waals surface area contributed by atoms with E-state index in [1.54, 1.807) is 0 Å². The Morgan fingerprint density at radius 2 is 1.94 bits per heavy atom. The molecule has 86 valence electrons. The smallest absolute Gasteiger partial charge is 0.323 e. The molecule has 16 heavy (non-hydrogen) atoms. The van der Waals surface area contributed by atoms with Crippen molar-refractivity contribution in [2.75, 3.05) is 6.54 Å². The van der Waals surface area contributed by atoms with Crippen LogP contribution in [0.15, 0.2) is 23.0 Å². The van der Waals surface area contributed by atoms with E-state index in [2.05, 4.69) is 9.97 Å². The van der Waals surface area contributed by atoms with Crippen LogP contribution in [0.2, 0.25) is 0 Å². The van der Waals surface area contributed by atoms with Crippen molar-refractivity contribution in [1.29, 1.82) is 0 Å². The van der Waals surface area contributed by atoms with Crippen LogP contribution in [0.1, 0.15) is 12.0 Å². The molecule has 2 aromatic rings. The third kappa shape index (κ3) is 1.83. The minimum Gasteiger partial charge on any atom is -0.330 e. The predicted octanol–water partition coefficient (Wildman–Crippen LogP) is 1.30. The average Bonchev–Trinajstić information content (AvgIpc) is 2.56. The molecule has 2 rings (SSSR count). The van der Waals surface area contributed by atoms with Crippen molar-refractivity contribution >= 4 is 11.0 Å². The van der Waals surface area contributed by atoms with E-state index in [4.69, 9.17) is 5.73 Å². The van der Waals surface area contributed by atoms with Gasteiger partial charge in [-0.05, 0) is 18.7 Å². The molecule has 0 saturated heterocycles. The minimum atomic E-state index is -2.96. The van der Waals surface area contributed by atoms with Gasteiger partial charge in [0.15, 0.2) is 0 Å². The maximum Gasteiger partial charge on any atom is 0.323 e. The number of H-pyrrole nitrogens is 2. The molecule has 0 aliphatic carbocycles. The molecule has 1 aromatic heterocycles. The molecule has 6 heteroatoms. The molecule has 0 atom stereocenters. The standard InChI is InChI=1S/C10H11F2N3O/c11-10(12,3-4-13)6-1-2-7-8(5-6)15-9(16)14-7/h1-2,5H,3-4,13H2,(H2,14,15,16). The second-order valence-electron chi connectivity index (χ2n) is 3.58. The van der Waals surface area contributed by atoms with Crippen LogP contribution in [0.4, 0.5) is 8.78 Å². The number of benzene rings is 1. The highest BCUT2D eigenvalue weighted by Gasteiger charge is 2.30. The Kier molecular flexibility index (Phi) is 2.51. The quantitative estimate of drug-likeness (QED) is 0.739. The summed E-state index contributed by atoms with van der Waals surface area (Å²) in [6.45, 7) is -0.0886. The first-order valence-corrected chi connectivity index (χ1v) is 4.83. The van der Waals surface area contributed by atoms with Crippen molar-refractivity contribution in [2.45, 2.75) is 12.3 Å². The third-order valence-corrected chi connectivity index (χ3v) is 2.40. The highest BCUT2D eigenvalue weighted by Crippen LogP contribution is 2.32. The van der Waals surface area contributed by atoms with Crippen LogP contribution in [0, 0.1) is 0 Å². The normalized spacial score (nSPS) is 12.2. The first kappa shape index (κ1) is 10.8. The van der Waals surface area contributed by atoms with Crippen LogP contribution in [0.25, 0.3) is 11.0 Å². The van der Waals surface area contributed by atoms with E-state index < -0.39 is 18.0 Å². The van der Waals surface area contributed by atoms with Crippen LogP contribution in [-0.4, -0.2) is 16.5 Å². The Hall–Kier alpha value is -1.69. The Morgan fingerprint density at radius 1 is 1.25 bits per heavy atom. The lowest BCUT2D eigenvalue weighted by Crippen LogP contribution is -2.18. The monoisotopic (exact) mass is 227 g/mol. The molecular weight excluding hydrogens is 216 g/mol. The van der Waals surface area contributed by atoms with Gasteiger partial charge >= 0.3 is 5.69 Å². The number of aromatic nitrogens is 2. The van der Waals surface area contributed by atoms with E-state index >= 15 is 0 Å². The van der Waals surface area contributed by atoms with Gasteiger partial charge in [0.2, 0.25) is 0 Å². The van der Waals surface area contributed by atoms with Gasteiger partial charge in [0.25, 0.3) is 5.92 Å². The summed E-state index contributed by atoms with van der Waals surface area (Å²) < 4.78 is 27.0. The van der Waals surface area contributed by atoms with Gasteiger partial charge in [0, 0.05) is 12.0 Å². The number of hydrogen-bond donors (Lipinski definition) is 3. The van der Waals surface area contributed by atoms with Crippen LogP contribution >= 0.6 is 0 Å². The van der Waals surface area contributed by atoms with Gasteiger partial charge in [-0.15, -0.1) is 0 Å². The van der Waals surface area contributed by atoms with Crippen LogP contribution in [0.3, 0.4) is 0 Å². The summed E-state index contributed by atoms with van der Waals surface area (Å²) in [5, 5.41) is 0. The lowest BCUT2D eigenvalue weighted by molar-refractivity contribution is -0.0106. The van der Waals surface area contributed by atoms with Gasteiger partial charge in [0.05, 0.1) is 11.0 Å². The fraction of sp³-hybridized carbons (Fsp3) is 0.300. The van der Waals surface area contributed by atoms with E-state index in [0.29, 0.717) is 11.0 Å². The number of aromatic amines is 2. The molecule has 0 bridgehead atoms. The zero-order chi connectivity index (χ0) is 11.8. The van der Waals surface area contributed by atoms with Gasteiger partial charge in [-0.2, -0.15) is 0 Å². The molecule has 0 spiro atoms. The number of rotatable bonds is 3. The lowest BCUT2D eigenvalue weighted by Gasteiger charge is -2.15. The molecule has 0 unspecified atom stereocenters. The Bertz CT molecular complexity index is 558. The van der Waals surface area contributed by atoms with E-state index in [1.807, 2.05) is 0 Å². The Labute approximate surface area is 89.5 Å². The minimum absolute atomic E-state index is 0.0886. The van der Waals surface area contributed by atoms with Crippen LogP contribution in [-0.2, 0) is 5.92 Å².